The number of nitrogens with zero attached hydrogens (tertiary/aromatic N) is 2. The Kier molecular flexibility index (Phi) is 8.99. The number of amides is 2. The van der Waals surface area contributed by atoms with Crippen LogP contribution in [0.4, 0.5) is 10.1 Å². The number of halogens is 1. The maximum Gasteiger partial charge on any atom is 0.244 e. The first kappa shape index (κ1) is 26.3. The highest BCUT2D eigenvalue weighted by atomic mass is 32.2. The van der Waals surface area contributed by atoms with E-state index in [4.69, 9.17) is 0 Å². The summed E-state index contributed by atoms with van der Waals surface area (Å²) in [6, 6.07) is 10.3. The van der Waals surface area contributed by atoms with Gasteiger partial charge in [-0.1, -0.05) is 42.8 Å². The van der Waals surface area contributed by atoms with Gasteiger partial charge in [-0.3, -0.25) is 13.9 Å². The van der Waals surface area contributed by atoms with Crippen molar-refractivity contribution in [1.29, 1.82) is 0 Å². The van der Waals surface area contributed by atoms with Crippen LogP contribution in [0.1, 0.15) is 37.0 Å². The van der Waals surface area contributed by atoms with Crippen LogP contribution < -0.4 is 9.62 Å². The summed E-state index contributed by atoms with van der Waals surface area (Å²) in [6.07, 6.45) is 1.74. The lowest BCUT2D eigenvalue weighted by Gasteiger charge is -2.32. The predicted octanol–water partition coefficient (Wildman–Crippen LogP) is 3.15. The fourth-order valence-electron chi connectivity index (χ4n) is 3.47. The number of aryl methyl sites for hydroxylation is 2. The zero-order chi connectivity index (χ0) is 24.8. The minimum atomic E-state index is -3.81. The largest absolute Gasteiger partial charge is 0.354 e. The average molecular weight is 478 g/mol. The van der Waals surface area contributed by atoms with Gasteiger partial charge < -0.3 is 10.2 Å². The van der Waals surface area contributed by atoms with E-state index in [1.807, 2.05) is 19.9 Å². The molecule has 2 aromatic carbocycles. The van der Waals surface area contributed by atoms with Crippen molar-refractivity contribution in [1.82, 2.24) is 10.2 Å². The first-order chi connectivity index (χ1) is 15.5. The van der Waals surface area contributed by atoms with Crippen LogP contribution in [0.3, 0.4) is 0 Å². The molecule has 0 saturated heterocycles. The summed E-state index contributed by atoms with van der Waals surface area (Å²) in [6.45, 7) is 6.86. The van der Waals surface area contributed by atoms with Gasteiger partial charge in [-0.2, -0.15) is 0 Å². The van der Waals surface area contributed by atoms with E-state index in [1.165, 1.54) is 23.1 Å². The quantitative estimate of drug-likeness (QED) is 0.570. The van der Waals surface area contributed by atoms with Crippen molar-refractivity contribution < 1.29 is 22.4 Å². The predicted molar refractivity (Wildman–Crippen MR) is 128 cm³/mol. The molecule has 0 fully saturated rings. The minimum Gasteiger partial charge on any atom is -0.354 e. The molecule has 0 aromatic heterocycles. The Balaban J connectivity index is 2.42. The second kappa shape index (κ2) is 11.3. The Morgan fingerprint density at radius 1 is 1.12 bits per heavy atom. The Morgan fingerprint density at radius 3 is 2.36 bits per heavy atom. The molecule has 2 amide bonds. The van der Waals surface area contributed by atoms with Crippen molar-refractivity contribution in [3.8, 4) is 0 Å². The molecule has 0 spiro atoms. The number of hydrogen-bond donors (Lipinski definition) is 1. The van der Waals surface area contributed by atoms with E-state index in [0.29, 0.717) is 24.2 Å². The molecule has 33 heavy (non-hydrogen) atoms. The summed E-state index contributed by atoms with van der Waals surface area (Å²) in [7, 11) is -3.81. The van der Waals surface area contributed by atoms with Crippen LogP contribution in [0.2, 0.25) is 0 Å². The zero-order valence-electron chi connectivity index (χ0n) is 19.8. The number of anilines is 1. The summed E-state index contributed by atoms with van der Waals surface area (Å²) in [5.74, 6) is -1.51. The number of carbonyl (C=O) groups excluding carboxylic acids is 2. The van der Waals surface area contributed by atoms with E-state index in [-0.39, 0.29) is 18.0 Å². The maximum atomic E-state index is 14.3. The fraction of sp³-hybridized carbons (Fsp3) is 0.417. The van der Waals surface area contributed by atoms with E-state index in [2.05, 4.69) is 5.32 Å². The number of benzene rings is 2. The second-order valence-corrected chi connectivity index (χ2v) is 10.0. The average Bonchev–Trinajstić information content (AvgIpc) is 2.74. The van der Waals surface area contributed by atoms with Gasteiger partial charge in [-0.05, 0) is 44.9 Å². The van der Waals surface area contributed by atoms with Crippen LogP contribution >= 0.6 is 0 Å². The lowest BCUT2D eigenvalue weighted by atomic mass is 10.1. The van der Waals surface area contributed by atoms with Crippen LogP contribution in [-0.2, 0) is 26.2 Å². The van der Waals surface area contributed by atoms with Gasteiger partial charge in [0.15, 0.2) is 0 Å². The highest BCUT2D eigenvalue weighted by Crippen LogP contribution is 2.24. The molecule has 0 unspecified atom stereocenters. The van der Waals surface area contributed by atoms with Gasteiger partial charge >= 0.3 is 0 Å². The molecule has 1 atom stereocenters. The fourth-order valence-corrected chi connectivity index (χ4v) is 4.38. The summed E-state index contributed by atoms with van der Waals surface area (Å²) in [4.78, 5) is 27.3. The van der Waals surface area contributed by atoms with Gasteiger partial charge in [-0.25, -0.2) is 12.8 Å². The first-order valence-electron chi connectivity index (χ1n) is 10.8. The van der Waals surface area contributed by atoms with Crippen molar-refractivity contribution in [2.45, 2.75) is 46.7 Å². The number of carbonyl (C=O) groups is 2. The number of nitrogens with one attached hydrogen (secondary N) is 1. The summed E-state index contributed by atoms with van der Waals surface area (Å²) < 4.78 is 40.6. The SMILES string of the molecule is CCCNC(=O)[C@@H](C)N(Cc1ccccc1F)C(=O)CN(c1ccc(C)cc1C)S(C)(=O)=O. The Hall–Kier alpha value is -2.94. The molecule has 9 heteroatoms. The molecule has 1 N–H and O–H groups in total. The number of rotatable bonds is 10. The molecule has 2 rings (SSSR count). The van der Waals surface area contributed by atoms with E-state index in [9.17, 15) is 22.4 Å². The maximum absolute atomic E-state index is 14.3. The van der Waals surface area contributed by atoms with Gasteiger partial charge in [0.2, 0.25) is 21.8 Å². The van der Waals surface area contributed by atoms with E-state index >= 15 is 0 Å². The molecular weight excluding hydrogens is 445 g/mol. The zero-order valence-corrected chi connectivity index (χ0v) is 20.6. The second-order valence-electron chi connectivity index (χ2n) is 8.14. The van der Waals surface area contributed by atoms with Crippen molar-refractivity contribution in [2.24, 2.45) is 0 Å². The third kappa shape index (κ3) is 7.02. The molecule has 7 nitrogen and oxygen atoms in total. The molecule has 0 radical (unpaired) electrons. The smallest absolute Gasteiger partial charge is 0.244 e. The summed E-state index contributed by atoms with van der Waals surface area (Å²) >= 11 is 0. The molecule has 0 saturated carbocycles. The minimum absolute atomic E-state index is 0.170. The molecule has 0 aliphatic rings. The highest BCUT2D eigenvalue weighted by molar-refractivity contribution is 7.92. The number of sulfonamides is 1. The van der Waals surface area contributed by atoms with Crippen LogP contribution in [0.5, 0.6) is 0 Å². The lowest BCUT2D eigenvalue weighted by molar-refractivity contribution is -0.139. The topological polar surface area (TPSA) is 86.8 Å². The molecule has 0 bridgehead atoms. The Bertz CT molecular complexity index is 1100. The summed E-state index contributed by atoms with van der Waals surface area (Å²) in [5, 5.41) is 2.74. The third-order valence-electron chi connectivity index (χ3n) is 5.32. The number of hydrogen-bond acceptors (Lipinski definition) is 4. The Morgan fingerprint density at radius 2 is 1.79 bits per heavy atom. The van der Waals surface area contributed by atoms with Gasteiger partial charge in [0, 0.05) is 18.7 Å². The van der Waals surface area contributed by atoms with Crippen LogP contribution in [0, 0.1) is 19.7 Å². The van der Waals surface area contributed by atoms with Gasteiger partial charge in [-0.15, -0.1) is 0 Å². The van der Waals surface area contributed by atoms with Crippen LogP contribution in [0.25, 0.3) is 0 Å². The van der Waals surface area contributed by atoms with Crippen molar-refractivity contribution in [2.75, 3.05) is 23.7 Å². The van der Waals surface area contributed by atoms with E-state index < -0.39 is 34.3 Å². The normalized spacial score (nSPS) is 12.2. The monoisotopic (exact) mass is 477 g/mol. The van der Waals surface area contributed by atoms with Crippen LogP contribution in [-0.4, -0.2) is 50.5 Å². The third-order valence-corrected chi connectivity index (χ3v) is 6.44. The van der Waals surface area contributed by atoms with Crippen molar-refractivity contribution in [3.63, 3.8) is 0 Å². The molecular formula is C24H32FN3O4S. The molecule has 0 aliphatic carbocycles. The molecule has 180 valence electrons. The highest BCUT2D eigenvalue weighted by Gasteiger charge is 2.30. The van der Waals surface area contributed by atoms with E-state index in [1.54, 1.807) is 32.0 Å². The van der Waals surface area contributed by atoms with Gasteiger partial charge in [0.25, 0.3) is 0 Å². The van der Waals surface area contributed by atoms with Gasteiger partial charge in [0.05, 0.1) is 11.9 Å². The Labute approximate surface area is 195 Å². The molecule has 0 aliphatic heterocycles. The van der Waals surface area contributed by atoms with Gasteiger partial charge in [0.1, 0.15) is 18.4 Å². The molecule has 0 heterocycles. The standard InChI is InChI=1S/C24H32FN3O4S/c1-6-13-26-24(30)19(4)27(15-20-9-7-8-10-21(20)25)23(29)16-28(33(5,31)32)22-12-11-17(2)14-18(22)3/h7-12,14,19H,6,13,15-16H2,1-5H3,(H,26,30)/t19-/m1/s1. The first-order valence-corrected chi connectivity index (χ1v) is 12.7. The van der Waals surface area contributed by atoms with E-state index in [0.717, 1.165) is 16.1 Å². The van der Waals surface area contributed by atoms with Crippen molar-refractivity contribution in [3.05, 3.63) is 65.0 Å². The van der Waals surface area contributed by atoms with Crippen molar-refractivity contribution >= 4 is 27.5 Å². The molecule has 2 aromatic rings. The summed E-state index contributed by atoms with van der Waals surface area (Å²) in [5.41, 5.74) is 2.27. The lowest BCUT2D eigenvalue weighted by Crippen LogP contribution is -2.51. The van der Waals surface area contributed by atoms with Crippen LogP contribution in [0.15, 0.2) is 42.5 Å².